The van der Waals surface area contributed by atoms with Crippen molar-refractivity contribution in [2.75, 3.05) is 0 Å². The Morgan fingerprint density at radius 3 is 1.27 bits per heavy atom. The van der Waals surface area contributed by atoms with E-state index in [1.165, 1.54) is 0 Å². The van der Waals surface area contributed by atoms with Crippen LogP contribution in [0.25, 0.3) is 0 Å². The fraction of sp³-hybridized carbons (Fsp3) is 1.00. The van der Waals surface area contributed by atoms with E-state index in [1.807, 2.05) is 0 Å². The zero-order chi connectivity index (χ0) is 9.50. The summed E-state index contributed by atoms with van der Waals surface area (Å²) >= 11 is 9.21. The first-order chi connectivity index (χ1) is 4.50. The van der Waals surface area contributed by atoms with E-state index in [4.69, 9.17) is 9.79 Å². The molecule has 0 heterocycles. The molecule has 6 nitrogen and oxygen atoms in total. The van der Waals surface area contributed by atoms with E-state index < -0.39 is 19.0 Å². The second-order valence-corrected chi connectivity index (χ2v) is 7.71. The molecule has 0 saturated heterocycles. The predicted molar refractivity (Wildman–Crippen MR) is 34.1 cm³/mol. The van der Waals surface area contributed by atoms with Gasteiger partial charge in [-0.15, -0.1) is 0 Å². The van der Waals surface area contributed by atoms with Crippen molar-refractivity contribution in [3.8, 4) is 0 Å². The van der Waals surface area contributed by atoms with Gasteiger partial charge in [0.25, 0.3) is 0 Å². The molecule has 10 heteroatoms. The zero-order valence-electron chi connectivity index (χ0n) is 4.68. The zero-order valence-corrected chi connectivity index (χ0v) is 7.98. The first-order valence-electron chi connectivity index (χ1n) is 1.96. The fourth-order valence-electron chi connectivity index (χ4n) is 0.160. The summed E-state index contributed by atoms with van der Waals surface area (Å²) in [4.78, 5) is 36.3. The lowest BCUT2D eigenvalue weighted by atomic mass is 11.8. The van der Waals surface area contributed by atoms with Gasteiger partial charge in [0.15, 0.2) is 15.2 Å². The molecule has 2 atom stereocenters. The first-order valence-corrected chi connectivity index (χ1v) is 5.87. The molecule has 0 amide bonds. The summed E-state index contributed by atoms with van der Waals surface area (Å²) in [6.07, 6.45) is 0. The van der Waals surface area contributed by atoms with Gasteiger partial charge in [0, 0.05) is 0 Å². The van der Waals surface area contributed by atoms with E-state index in [1.54, 1.807) is 0 Å². The van der Waals surface area contributed by atoms with Gasteiger partial charge in [-0.25, -0.2) is 0 Å². The molecule has 2 unspecified atom stereocenters. The van der Waals surface area contributed by atoms with Gasteiger partial charge >= 0.3 is 0 Å². The Balaban J connectivity index is 5.08. The van der Waals surface area contributed by atoms with E-state index in [9.17, 15) is 18.9 Å². The molecule has 0 aliphatic heterocycles. The maximum Gasteiger partial charge on any atom is 0.243 e. The third-order valence-electron chi connectivity index (χ3n) is 0.680. The summed E-state index contributed by atoms with van der Waals surface area (Å²) in [7, 11) is -11.1. The minimum Gasteiger partial charge on any atom is -0.776 e. The number of halogens is 2. The van der Waals surface area contributed by atoms with E-state index in [0.29, 0.717) is 0 Å². The lowest BCUT2D eigenvalue weighted by Crippen LogP contribution is -2.26. The van der Waals surface area contributed by atoms with Crippen LogP contribution in [0.5, 0.6) is 0 Å². The molecule has 0 aromatic carbocycles. The van der Waals surface area contributed by atoms with Crippen molar-refractivity contribution in [1.29, 1.82) is 0 Å². The lowest BCUT2D eigenvalue weighted by molar-refractivity contribution is -0.205. The van der Waals surface area contributed by atoms with Crippen molar-refractivity contribution in [3.63, 3.8) is 0 Å². The second-order valence-electron chi connectivity index (χ2n) is 1.55. The van der Waals surface area contributed by atoms with Crippen LogP contribution in [0.3, 0.4) is 0 Å². The second kappa shape index (κ2) is 2.98. The van der Waals surface area contributed by atoms with Crippen LogP contribution in [-0.4, -0.2) is 13.6 Å². The van der Waals surface area contributed by atoms with E-state index >= 15 is 0 Å². The third kappa shape index (κ3) is 2.41. The minimum absolute atomic E-state index is 3.57. The average molecular weight is 243 g/mol. The topological polar surface area (TPSA) is 121 Å². The summed E-state index contributed by atoms with van der Waals surface area (Å²) in [6, 6.07) is 0. The highest BCUT2D eigenvalue weighted by Crippen LogP contribution is 2.69. The predicted octanol–water partition coefficient (Wildman–Crippen LogP) is -0.833. The Morgan fingerprint density at radius 2 is 1.27 bits per heavy atom. The summed E-state index contributed by atoms with van der Waals surface area (Å²) < 4.78 is 16.6. The molecule has 11 heavy (non-hydrogen) atoms. The van der Waals surface area contributed by atoms with Crippen molar-refractivity contribution in [3.05, 3.63) is 0 Å². The van der Waals surface area contributed by atoms with Gasteiger partial charge < -0.3 is 28.7 Å². The van der Waals surface area contributed by atoms with Crippen LogP contribution in [0.15, 0.2) is 0 Å². The largest absolute Gasteiger partial charge is 0.776 e. The van der Waals surface area contributed by atoms with Gasteiger partial charge in [0.05, 0.1) is 0 Å². The highest BCUT2D eigenvalue weighted by atomic mass is 35.5. The highest BCUT2D eigenvalue weighted by Gasteiger charge is 2.45. The quantitative estimate of drug-likeness (QED) is 0.482. The standard InChI is InChI=1S/CH4Cl2O6P2/c2-1(3,10(4,5)6)11(7,8)9/h(H2,4,5,6)(H2,7,8,9)/p-2. The first kappa shape index (κ1) is 11.9. The summed E-state index contributed by atoms with van der Waals surface area (Å²) in [5.74, 6) is 0. The Kier molecular flexibility index (Phi) is 3.22. The molecule has 0 aromatic heterocycles. The summed E-state index contributed by atoms with van der Waals surface area (Å²) in [5.41, 5.74) is 0. The molecule has 0 spiro atoms. The van der Waals surface area contributed by atoms with Crippen LogP contribution in [-0.2, 0) is 9.13 Å². The number of hydrogen-bond acceptors (Lipinski definition) is 4. The molecule has 68 valence electrons. The van der Waals surface area contributed by atoms with Crippen molar-refractivity contribution >= 4 is 38.4 Å². The Hall–Kier alpha value is 0.880. The fourth-order valence-corrected chi connectivity index (χ4v) is 1.44. The maximum absolute atomic E-state index is 10.1. The van der Waals surface area contributed by atoms with Crippen LogP contribution in [0.4, 0.5) is 0 Å². The van der Waals surface area contributed by atoms with E-state index in [2.05, 4.69) is 23.2 Å². The maximum atomic E-state index is 10.1. The van der Waals surface area contributed by atoms with Crippen molar-refractivity contribution < 1.29 is 28.7 Å². The van der Waals surface area contributed by atoms with Gasteiger partial charge in [-0.05, 0) is 0 Å². The van der Waals surface area contributed by atoms with E-state index in [0.717, 1.165) is 0 Å². The van der Waals surface area contributed by atoms with Crippen LogP contribution in [0.2, 0.25) is 0 Å². The van der Waals surface area contributed by atoms with Crippen molar-refractivity contribution in [2.24, 2.45) is 0 Å². The normalized spacial score (nSPS) is 23.8. The van der Waals surface area contributed by atoms with E-state index in [-0.39, 0.29) is 0 Å². The lowest BCUT2D eigenvalue weighted by Gasteiger charge is -2.36. The summed E-state index contributed by atoms with van der Waals surface area (Å²) in [5, 5.41) is 0. The molecule has 0 rings (SSSR count). The molecule has 0 aromatic rings. The molecule has 0 bridgehead atoms. The monoisotopic (exact) mass is 242 g/mol. The van der Waals surface area contributed by atoms with Crippen molar-refractivity contribution in [1.82, 2.24) is 0 Å². The smallest absolute Gasteiger partial charge is 0.243 e. The van der Waals surface area contributed by atoms with Gasteiger partial charge in [-0.2, -0.15) is 0 Å². The summed E-state index contributed by atoms with van der Waals surface area (Å²) in [6.45, 7) is 0. The molecule has 0 aliphatic rings. The van der Waals surface area contributed by atoms with Crippen LogP contribution < -0.4 is 9.79 Å². The number of rotatable bonds is 2. The van der Waals surface area contributed by atoms with Gasteiger partial charge in [0.1, 0.15) is 0 Å². The van der Waals surface area contributed by atoms with Gasteiger partial charge in [0.2, 0.25) is 3.82 Å². The molecule has 0 aliphatic carbocycles. The van der Waals surface area contributed by atoms with Gasteiger partial charge in [-0.3, -0.25) is 0 Å². The molecular formula is CH2Cl2O6P2-2. The minimum atomic E-state index is -5.53. The van der Waals surface area contributed by atoms with Crippen LogP contribution in [0.1, 0.15) is 0 Å². The Morgan fingerprint density at radius 1 is 1.09 bits per heavy atom. The van der Waals surface area contributed by atoms with Crippen LogP contribution >= 0.6 is 38.4 Å². The molecule has 0 saturated carbocycles. The molecule has 0 fully saturated rings. The number of alkyl halides is 2. The SMILES string of the molecule is O=P([O-])(O)C(Cl)(Cl)P(=O)([O-])O. The third-order valence-corrected chi connectivity index (χ3v) is 6.12. The average Bonchev–Trinajstić information content (AvgIpc) is 1.58. The number of hydrogen-bond donors (Lipinski definition) is 2. The molecule has 0 radical (unpaired) electrons. The highest BCUT2D eigenvalue weighted by molar-refractivity contribution is 7.77. The van der Waals surface area contributed by atoms with Crippen molar-refractivity contribution in [2.45, 2.75) is 3.82 Å². The Bertz CT molecular complexity index is 211. The molecule has 2 N–H and O–H groups in total. The Labute approximate surface area is 71.4 Å². The van der Waals surface area contributed by atoms with Gasteiger partial charge in [-0.1, -0.05) is 23.2 Å². The van der Waals surface area contributed by atoms with Crippen LogP contribution in [0, 0.1) is 0 Å². The molecular weight excluding hydrogens is 241 g/mol.